The molecule has 1 N–H and O–H groups in total. The van der Waals surface area contributed by atoms with E-state index in [9.17, 15) is 23.3 Å². The minimum absolute atomic E-state index is 0.0157. The first-order chi connectivity index (χ1) is 17.1. The van der Waals surface area contributed by atoms with Crippen LogP contribution in [0.25, 0.3) is 0 Å². The normalized spacial score (nSPS) is 14.4. The van der Waals surface area contributed by atoms with Crippen molar-refractivity contribution in [2.75, 3.05) is 18.0 Å². The number of rotatable bonds is 8. The Balaban J connectivity index is 1.99. The first-order valence-corrected chi connectivity index (χ1v) is 13.4. The van der Waals surface area contributed by atoms with Crippen LogP contribution in [-0.4, -0.2) is 38.6 Å². The first-order valence-electron chi connectivity index (χ1n) is 11.6. The maximum absolute atomic E-state index is 13.7. The summed E-state index contributed by atoms with van der Waals surface area (Å²) in [5.74, 6) is -0.513. The molecule has 0 unspecified atom stereocenters. The van der Waals surface area contributed by atoms with Crippen molar-refractivity contribution in [1.82, 2.24) is 5.43 Å². The predicted molar refractivity (Wildman–Crippen MR) is 138 cm³/mol. The number of benzene rings is 2. The lowest BCUT2D eigenvalue weighted by Crippen LogP contribution is -2.40. The summed E-state index contributed by atoms with van der Waals surface area (Å²) in [6.07, 6.45) is 6.93. The molecule has 0 aromatic heterocycles. The predicted octanol–water partition coefficient (Wildman–Crippen LogP) is 4.98. The lowest BCUT2D eigenvalue weighted by atomic mass is 9.99. The number of anilines is 1. The van der Waals surface area contributed by atoms with Crippen LogP contribution in [0.2, 0.25) is 5.02 Å². The number of halogens is 1. The van der Waals surface area contributed by atoms with E-state index in [0.717, 1.165) is 54.6 Å². The van der Waals surface area contributed by atoms with E-state index in [1.165, 1.54) is 50.8 Å². The van der Waals surface area contributed by atoms with Gasteiger partial charge in [0.2, 0.25) is 0 Å². The van der Waals surface area contributed by atoms with Crippen LogP contribution in [0.3, 0.4) is 0 Å². The van der Waals surface area contributed by atoms with Crippen LogP contribution in [0, 0.1) is 17.0 Å². The van der Waals surface area contributed by atoms with Gasteiger partial charge < -0.3 is 4.74 Å². The number of methoxy groups -OCH3 is 1. The van der Waals surface area contributed by atoms with Crippen LogP contribution >= 0.6 is 11.6 Å². The minimum Gasteiger partial charge on any atom is -0.495 e. The summed E-state index contributed by atoms with van der Waals surface area (Å²) >= 11 is 6.14. The molecule has 1 amide bonds. The van der Waals surface area contributed by atoms with Gasteiger partial charge in [0.25, 0.3) is 21.6 Å². The molecule has 1 fully saturated rings. The van der Waals surface area contributed by atoms with Crippen molar-refractivity contribution < 1.29 is 22.9 Å². The van der Waals surface area contributed by atoms with Crippen molar-refractivity contribution in [2.24, 2.45) is 5.10 Å². The number of hydrazone groups is 1. The molecule has 10 nitrogen and oxygen atoms in total. The molecule has 1 saturated carbocycles. The summed E-state index contributed by atoms with van der Waals surface area (Å²) in [5, 5.41) is 15.9. The fraction of sp³-hybridized carbons (Fsp3) is 0.417. The van der Waals surface area contributed by atoms with Crippen LogP contribution < -0.4 is 14.5 Å². The maximum atomic E-state index is 13.7. The highest BCUT2D eigenvalue weighted by Crippen LogP contribution is 2.35. The molecule has 0 saturated heterocycles. The summed E-state index contributed by atoms with van der Waals surface area (Å²) < 4.78 is 33.6. The lowest BCUT2D eigenvalue weighted by Gasteiger charge is -2.25. The van der Waals surface area contributed by atoms with Crippen LogP contribution in [0.5, 0.6) is 5.75 Å². The van der Waals surface area contributed by atoms with Crippen LogP contribution in [0.4, 0.5) is 11.4 Å². The second-order valence-electron chi connectivity index (χ2n) is 8.51. The smallest absolute Gasteiger partial charge is 0.273 e. The summed E-state index contributed by atoms with van der Waals surface area (Å²) in [6, 6.07) is 7.93. The average Bonchev–Trinajstić information content (AvgIpc) is 2.81. The standard InChI is InChI=1S/C24H29ClN4O6S/c1-17-10-12-20(15-21(17)29(31)32)36(33,34)28(22-14-18(25)11-13-23(22)35-2)16-24(30)27-26-19-8-6-4-3-5-7-9-19/h10-15H,3-9,16H2,1-2H3,(H,27,30). The van der Waals surface area contributed by atoms with Gasteiger partial charge in [0.05, 0.1) is 22.6 Å². The monoisotopic (exact) mass is 536 g/mol. The zero-order valence-electron chi connectivity index (χ0n) is 20.2. The number of nitro groups is 1. The van der Waals surface area contributed by atoms with E-state index in [4.69, 9.17) is 16.3 Å². The minimum atomic E-state index is -4.44. The fourth-order valence-electron chi connectivity index (χ4n) is 3.96. The molecule has 2 aromatic rings. The van der Waals surface area contributed by atoms with Gasteiger partial charge in [-0.15, -0.1) is 0 Å². The van der Waals surface area contributed by atoms with Gasteiger partial charge in [-0.2, -0.15) is 5.10 Å². The number of ether oxygens (including phenoxy) is 1. The van der Waals surface area contributed by atoms with Gasteiger partial charge in [-0.3, -0.25) is 19.2 Å². The molecule has 1 aliphatic rings. The molecule has 2 aromatic carbocycles. The number of hydrogen-bond donors (Lipinski definition) is 1. The first kappa shape index (κ1) is 27.4. The van der Waals surface area contributed by atoms with E-state index < -0.39 is 27.4 Å². The van der Waals surface area contributed by atoms with Crippen molar-refractivity contribution in [2.45, 2.75) is 56.8 Å². The molecule has 0 spiro atoms. The van der Waals surface area contributed by atoms with Gasteiger partial charge in [0.15, 0.2) is 0 Å². The molecular formula is C24H29ClN4O6S. The van der Waals surface area contributed by atoms with E-state index in [1.54, 1.807) is 0 Å². The van der Waals surface area contributed by atoms with Gasteiger partial charge in [-0.1, -0.05) is 36.9 Å². The third kappa shape index (κ3) is 6.73. The van der Waals surface area contributed by atoms with Crippen molar-refractivity contribution in [1.29, 1.82) is 0 Å². The van der Waals surface area contributed by atoms with Crippen molar-refractivity contribution >= 4 is 44.6 Å². The van der Waals surface area contributed by atoms with E-state index in [1.807, 2.05) is 0 Å². The molecule has 12 heteroatoms. The SMILES string of the molecule is COc1ccc(Cl)cc1N(CC(=O)NN=C1CCCCCCC1)S(=O)(=O)c1ccc(C)c([N+](=O)[O-])c1. The maximum Gasteiger partial charge on any atom is 0.273 e. The van der Waals surface area contributed by atoms with Crippen molar-refractivity contribution in [3.8, 4) is 5.75 Å². The zero-order chi connectivity index (χ0) is 26.3. The van der Waals surface area contributed by atoms with Crippen LogP contribution in [-0.2, 0) is 14.8 Å². The Bertz CT molecular complexity index is 1260. The van der Waals surface area contributed by atoms with Crippen LogP contribution in [0.1, 0.15) is 50.5 Å². The third-order valence-corrected chi connectivity index (χ3v) is 7.92. The van der Waals surface area contributed by atoms with E-state index in [-0.39, 0.29) is 27.0 Å². The Morgan fingerprint density at radius 2 is 1.81 bits per heavy atom. The third-order valence-electron chi connectivity index (χ3n) is 5.93. The lowest BCUT2D eigenvalue weighted by molar-refractivity contribution is -0.385. The zero-order valence-corrected chi connectivity index (χ0v) is 21.8. The summed E-state index contributed by atoms with van der Waals surface area (Å²) in [5.41, 5.74) is 3.31. The van der Waals surface area contributed by atoms with Crippen molar-refractivity contribution in [3.05, 3.63) is 57.1 Å². The Hall–Kier alpha value is -3.18. The summed E-state index contributed by atoms with van der Waals surface area (Å²) in [7, 11) is -3.09. The molecule has 36 heavy (non-hydrogen) atoms. The molecule has 0 heterocycles. The van der Waals surface area contributed by atoms with E-state index >= 15 is 0 Å². The quantitative estimate of drug-likeness (QED) is 0.374. The Kier molecular flexibility index (Phi) is 9.27. The topological polar surface area (TPSA) is 131 Å². The molecule has 3 rings (SSSR count). The van der Waals surface area contributed by atoms with Crippen molar-refractivity contribution in [3.63, 3.8) is 0 Å². The van der Waals surface area contributed by atoms with Gasteiger partial charge >= 0.3 is 0 Å². The van der Waals surface area contributed by atoms with Crippen LogP contribution in [0.15, 0.2) is 46.4 Å². The number of carbonyl (C=O) groups excluding carboxylic acids is 1. The summed E-state index contributed by atoms with van der Waals surface area (Å²) in [4.78, 5) is 23.3. The molecule has 194 valence electrons. The number of nitro benzene ring substituents is 1. The average molecular weight is 537 g/mol. The van der Waals surface area contributed by atoms with E-state index in [2.05, 4.69) is 10.5 Å². The second kappa shape index (κ2) is 12.2. The number of nitrogens with zero attached hydrogens (tertiary/aromatic N) is 3. The number of sulfonamides is 1. The highest BCUT2D eigenvalue weighted by atomic mass is 35.5. The highest BCUT2D eigenvalue weighted by molar-refractivity contribution is 7.92. The summed E-state index contributed by atoms with van der Waals surface area (Å²) in [6.45, 7) is 0.867. The second-order valence-corrected chi connectivity index (χ2v) is 10.8. The fourth-order valence-corrected chi connectivity index (χ4v) is 5.57. The number of hydrogen-bond acceptors (Lipinski definition) is 7. The number of nitrogens with one attached hydrogen (secondary N) is 1. The van der Waals surface area contributed by atoms with E-state index in [0.29, 0.717) is 5.56 Å². The molecule has 0 bridgehead atoms. The largest absolute Gasteiger partial charge is 0.495 e. The van der Waals surface area contributed by atoms with Gasteiger partial charge in [0.1, 0.15) is 12.3 Å². The van der Waals surface area contributed by atoms with Gasteiger partial charge in [0, 0.05) is 22.4 Å². The number of aryl methyl sites for hydroxylation is 1. The molecule has 0 radical (unpaired) electrons. The van der Waals surface area contributed by atoms with Gasteiger partial charge in [-0.05, 0) is 56.9 Å². The molecule has 1 aliphatic carbocycles. The Morgan fingerprint density at radius 3 is 2.44 bits per heavy atom. The number of amides is 1. The molecule has 0 aliphatic heterocycles. The molecule has 0 atom stereocenters. The Labute approximate surface area is 215 Å². The Morgan fingerprint density at radius 1 is 1.14 bits per heavy atom. The highest BCUT2D eigenvalue weighted by Gasteiger charge is 2.31. The molecular weight excluding hydrogens is 508 g/mol. The number of carbonyl (C=O) groups is 1. The van der Waals surface area contributed by atoms with Gasteiger partial charge in [-0.25, -0.2) is 13.8 Å².